The Morgan fingerprint density at radius 3 is 2.37 bits per heavy atom. The molecule has 3 aromatic carbocycles. The van der Waals surface area contributed by atoms with E-state index >= 15 is 0 Å². The van der Waals surface area contributed by atoms with E-state index in [1.54, 1.807) is 55.9 Å². The molecule has 0 bridgehead atoms. The number of thioether (sulfide) groups is 2. The number of benzene rings is 3. The van der Waals surface area contributed by atoms with Crippen LogP contribution in [0, 0.1) is 12.3 Å². The standard InChI is InChI=1S/C17H13ClO2S.C9H12N2O2S/c1-3-12-4-9-16(15(18)10-12)20-17(11-19)13-5-7-14(21-2)8-6-13;1-12-6-3-5-8(4-7(6)13-2)14-9(10)11-5/h1,4-11,17H,2H3;3-4,9,11H,10H2,1-2H3. The van der Waals surface area contributed by atoms with Gasteiger partial charge < -0.3 is 25.3 Å². The number of nitrogens with two attached hydrogens (primary N) is 1. The average molecular weight is 529 g/mol. The zero-order valence-corrected chi connectivity index (χ0v) is 21.8. The van der Waals surface area contributed by atoms with Crippen LogP contribution in [0.2, 0.25) is 5.02 Å². The van der Waals surface area contributed by atoms with Crippen LogP contribution in [0.15, 0.2) is 64.4 Å². The zero-order chi connectivity index (χ0) is 25.4. The van der Waals surface area contributed by atoms with Crippen molar-refractivity contribution >= 4 is 47.1 Å². The molecule has 35 heavy (non-hydrogen) atoms. The van der Waals surface area contributed by atoms with Crippen LogP contribution in [0.25, 0.3) is 0 Å². The highest BCUT2D eigenvalue weighted by molar-refractivity contribution is 8.00. The third kappa shape index (κ3) is 6.80. The number of aldehydes is 1. The highest BCUT2D eigenvalue weighted by Gasteiger charge is 2.21. The minimum absolute atomic E-state index is 0.0817. The largest absolute Gasteiger partial charge is 0.493 e. The molecule has 0 amide bonds. The molecule has 2 unspecified atom stereocenters. The number of hydrogen-bond donors (Lipinski definition) is 2. The van der Waals surface area contributed by atoms with Gasteiger partial charge in [0, 0.05) is 21.4 Å². The number of carbonyl (C=O) groups is 1. The van der Waals surface area contributed by atoms with Crippen LogP contribution < -0.4 is 25.3 Å². The fourth-order valence-electron chi connectivity index (χ4n) is 3.18. The molecule has 0 aromatic heterocycles. The van der Waals surface area contributed by atoms with Crippen molar-refractivity contribution in [2.45, 2.75) is 21.4 Å². The summed E-state index contributed by atoms with van der Waals surface area (Å²) in [6.07, 6.45) is 7.35. The highest BCUT2D eigenvalue weighted by atomic mass is 35.5. The van der Waals surface area contributed by atoms with Gasteiger partial charge in [-0.1, -0.05) is 41.4 Å². The minimum Gasteiger partial charge on any atom is -0.493 e. The minimum atomic E-state index is -0.699. The predicted octanol–water partition coefficient (Wildman–Crippen LogP) is 5.83. The lowest BCUT2D eigenvalue weighted by Gasteiger charge is -2.15. The molecule has 0 saturated carbocycles. The van der Waals surface area contributed by atoms with E-state index in [0.29, 0.717) is 22.1 Å². The Balaban J connectivity index is 0.000000211. The van der Waals surface area contributed by atoms with Gasteiger partial charge in [0.2, 0.25) is 0 Å². The number of terminal acetylenes is 1. The van der Waals surface area contributed by atoms with Gasteiger partial charge in [0.1, 0.15) is 11.2 Å². The molecule has 1 heterocycles. The lowest BCUT2D eigenvalue weighted by atomic mass is 10.1. The van der Waals surface area contributed by atoms with Crippen LogP contribution in [0.4, 0.5) is 5.69 Å². The van der Waals surface area contributed by atoms with Gasteiger partial charge in [0.25, 0.3) is 0 Å². The first-order valence-corrected chi connectivity index (χ1v) is 12.9. The molecule has 1 aliphatic heterocycles. The van der Waals surface area contributed by atoms with Gasteiger partial charge in [0.15, 0.2) is 23.9 Å². The fourth-order valence-corrected chi connectivity index (χ4v) is 4.69. The molecule has 4 rings (SSSR count). The first-order valence-electron chi connectivity index (χ1n) is 10.4. The molecular formula is C26H25ClN2O4S2. The molecule has 1 aliphatic rings. The summed E-state index contributed by atoms with van der Waals surface area (Å²) in [4.78, 5) is 13.5. The van der Waals surface area contributed by atoms with Crippen molar-refractivity contribution in [3.8, 4) is 29.6 Å². The molecule has 3 aromatic rings. The number of ether oxygens (including phenoxy) is 3. The summed E-state index contributed by atoms with van der Waals surface area (Å²) < 4.78 is 16.0. The van der Waals surface area contributed by atoms with Crippen molar-refractivity contribution in [3.05, 3.63) is 70.7 Å². The number of anilines is 1. The lowest BCUT2D eigenvalue weighted by molar-refractivity contribution is -0.113. The second-order valence-corrected chi connectivity index (χ2v) is 9.59. The maximum Gasteiger partial charge on any atom is 0.179 e. The monoisotopic (exact) mass is 528 g/mol. The summed E-state index contributed by atoms with van der Waals surface area (Å²) in [5.74, 6) is 4.37. The van der Waals surface area contributed by atoms with Gasteiger partial charge in [-0.25, -0.2) is 0 Å². The van der Waals surface area contributed by atoms with Crippen LogP contribution in [-0.4, -0.2) is 32.3 Å². The zero-order valence-electron chi connectivity index (χ0n) is 19.4. The lowest BCUT2D eigenvalue weighted by Crippen LogP contribution is -2.20. The number of hydrogen-bond acceptors (Lipinski definition) is 8. The third-order valence-electron chi connectivity index (χ3n) is 4.96. The van der Waals surface area contributed by atoms with Gasteiger partial charge in [-0.3, -0.25) is 4.79 Å². The molecule has 0 aliphatic carbocycles. The molecule has 3 N–H and O–H groups in total. The van der Waals surface area contributed by atoms with Crippen LogP contribution >= 0.6 is 35.1 Å². The van der Waals surface area contributed by atoms with Crippen molar-refractivity contribution in [1.82, 2.24) is 0 Å². The normalized spacial score (nSPS) is 14.3. The van der Waals surface area contributed by atoms with Gasteiger partial charge in [-0.05, 0) is 48.2 Å². The fraction of sp³-hybridized carbons (Fsp3) is 0.192. The van der Waals surface area contributed by atoms with Crippen molar-refractivity contribution in [2.24, 2.45) is 5.73 Å². The van der Waals surface area contributed by atoms with Crippen LogP contribution in [-0.2, 0) is 4.79 Å². The molecule has 0 radical (unpaired) electrons. The van der Waals surface area contributed by atoms with E-state index in [0.717, 1.165) is 33.1 Å². The number of rotatable bonds is 7. The molecule has 2 atom stereocenters. The van der Waals surface area contributed by atoms with Gasteiger partial charge in [-0.2, -0.15) is 0 Å². The van der Waals surface area contributed by atoms with Gasteiger partial charge >= 0.3 is 0 Å². The number of nitrogens with one attached hydrogen (secondary N) is 1. The number of methoxy groups -OCH3 is 2. The Hall–Kier alpha value is -2.96. The Labute approximate surface area is 218 Å². The van der Waals surface area contributed by atoms with Gasteiger partial charge in [-0.15, -0.1) is 18.2 Å². The first-order chi connectivity index (χ1) is 16.9. The highest BCUT2D eigenvalue weighted by Crippen LogP contribution is 2.43. The number of carbonyl (C=O) groups excluding carboxylic acids is 1. The van der Waals surface area contributed by atoms with Gasteiger partial charge in [0.05, 0.1) is 24.9 Å². The Kier molecular flexibility index (Phi) is 9.64. The molecule has 0 spiro atoms. The quantitative estimate of drug-likeness (QED) is 0.225. The van der Waals surface area contributed by atoms with E-state index in [2.05, 4.69) is 11.2 Å². The van der Waals surface area contributed by atoms with Crippen LogP contribution in [0.1, 0.15) is 17.2 Å². The van der Waals surface area contributed by atoms with E-state index in [4.69, 9.17) is 38.0 Å². The maximum atomic E-state index is 11.3. The number of halogens is 1. The predicted molar refractivity (Wildman–Crippen MR) is 144 cm³/mol. The summed E-state index contributed by atoms with van der Waals surface area (Å²) in [7, 11) is 3.24. The Morgan fingerprint density at radius 2 is 1.80 bits per heavy atom. The summed E-state index contributed by atoms with van der Waals surface area (Å²) in [5, 5.41) is 3.52. The maximum absolute atomic E-state index is 11.3. The van der Waals surface area contributed by atoms with E-state index in [1.165, 1.54) is 0 Å². The van der Waals surface area contributed by atoms with Crippen LogP contribution in [0.5, 0.6) is 17.2 Å². The van der Waals surface area contributed by atoms with Crippen LogP contribution in [0.3, 0.4) is 0 Å². The SMILES string of the molecule is C#Cc1ccc(OC(C=O)c2ccc(SC)cc2)c(Cl)c1.COc1cc2c(cc1OC)SC(N)N2. The first kappa shape index (κ1) is 26.6. The Morgan fingerprint density at radius 1 is 1.11 bits per heavy atom. The summed E-state index contributed by atoms with van der Waals surface area (Å²) in [6.45, 7) is 0. The molecule has 9 heteroatoms. The average Bonchev–Trinajstić information content (AvgIpc) is 3.26. The number of fused-ring (bicyclic) bond motifs is 1. The van der Waals surface area contributed by atoms with E-state index in [-0.39, 0.29) is 5.50 Å². The summed E-state index contributed by atoms with van der Waals surface area (Å²) >= 11 is 9.31. The van der Waals surface area contributed by atoms with E-state index in [9.17, 15) is 4.79 Å². The Bertz CT molecular complexity index is 1180. The van der Waals surface area contributed by atoms with E-state index < -0.39 is 6.10 Å². The topological polar surface area (TPSA) is 82.8 Å². The second kappa shape index (κ2) is 12.7. The summed E-state index contributed by atoms with van der Waals surface area (Å²) in [6, 6.07) is 16.5. The third-order valence-corrected chi connectivity index (χ3v) is 6.96. The molecule has 0 fully saturated rings. The molecule has 0 saturated heterocycles. The molecule has 182 valence electrons. The van der Waals surface area contributed by atoms with Crippen molar-refractivity contribution in [1.29, 1.82) is 0 Å². The van der Waals surface area contributed by atoms with Crippen molar-refractivity contribution in [2.75, 3.05) is 25.8 Å². The molecule has 6 nitrogen and oxygen atoms in total. The summed E-state index contributed by atoms with van der Waals surface area (Å²) in [5.41, 5.74) is 8.10. The molecular weight excluding hydrogens is 504 g/mol. The van der Waals surface area contributed by atoms with Crippen molar-refractivity contribution < 1.29 is 19.0 Å². The smallest absolute Gasteiger partial charge is 0.179 e. The van der Waals surface area contributed by atoms with Crippen molar-refractivity contribution in [3.63, 3.8) is 0 Å². The second-order valence-electron chi connectivity index (χ2n) is 7.12. The van der Waals surface area contributed by atoms with E-state index in [1.807, 2.05) is 42.7 Å².